The predicted molar refractivity (Wildman–Crippen MR) is 156 cm³/mol. The van der Waals surface area contributed by atoms with Gasteiger partial charge in [0.25, 0.3) is 5.91 Å². The first-order valence-corrected chi connectivity index (χ1v) is 14.1. The summed E-state index contributed by atoms with van der Waals surface area (Å²) in [5, 5.41) is 14.9. The molecule has 1 aliphatic rings. The molecule has 0 heterocycles. The highest BCUT2D eigenvalue weighted by Crippen LogP contribution is 2.31. The Morgan fingerprint density at radius 2 is 1.76 bits per heavy atom. The third-order valence-electron chi connectivity index (χ3n) is 7.23. The molecule has 1 unspecified atom stereocenters. The van der Waals surface area contributed by atoms with E-state index in [4.69, 9.17) is 21.1 Å². The van der Waals surface area contributed by atoms with Gasteiger partial charge in [0.15, 0.2) is 6.61 Å². The van der Waals surface area contributed by atoms with Gasteiger partial charge in [-0.05, 0) is 36.1 Å². The van der Waals surface area contributed by atoms with Gasteiger partial charge in [-0.3, -0.25) is 19.7 Å². The van der Waals surface area contributed by atoms with Crippen LogP contribution in [0, 0.1) is 10.1 Å². The standard InChI is InChI=1S/C31H34ClN3O6/c1-40-29-19-25(16-17-27(29)35(38)39)41-21-30(36)34(20-23-12-8-9-15-26(23)32)28(18-22-10-4-2-5-11-22)31(37)33-24-13-6-3-7-14-24/h2,4-5,8-12,15-17,19,24,28H,3,6-7,13-14,18,20-21H2,1H3,(H,33,37). The molecule has 3 aromatic rings. The average Bonchev–Trinajstić information content (AvgIpc) is 2.99. The molecule has 0 saturated heterocycles. The molecule has 1 atom stereocenters. The quantitative estimate of drug-likeness (QED) is 0.217. The van der Waals surface area contributed by atoms with Crippen LogP contribution >= 0.6 is 11.6 Å². The summed E-state index contributed by atoms with van der Waals surface area (Å²) >= 11 is 6.48. The summed E-state index contributed by atoms with van der Waals surface area (Å²) < 4.78 is 10.9. The maximum absolute atomic E-state index is 13.8. The molecule has 1 N–H and O–H groups in total. The molecule has 1 fully saturated rings. The number of hydrogen-bond acceptors (Lipinski definition) is 6. The third-order valence-corrected chi connectivity index (χ3v) is 7.60. The Labute approximate surface area is 244 Å². The largest absolute Gasteiger partial charge is 0.490 e. The summed E-state index contributed by atoms with van der Waals surface area (Å²) in [6, 6.07) is 20.0. The molecule has 1 aliphatic carbocycles. The molecule has 4 rings (SSSR count). The number of methoxy groups -OCH3 is 1. The molecule has 0 aromatic heterocycles. The normalized spacial score (nSPS) is 14.1. The van der Waals surface area contributed by atoms with Crippen LogP contribution in [0.15, 0.2) is 72.8 Å². The van der Waals surface area contributed by atoms with Crippen LogP contribution in [-0.4, -0.2) is 47.4 Å². The first kappa shape index (κ1) is 29.9. The monoisotopic (exact) mass is 579 g/mol. The topological polar surface area (TPSA) is 111 Å². The molecule has 0 spiro atoms. The van der Waals surface area contributed by atoms with Crippen LogP contribution in [0.2, 0.25) is 5.02 Å². The van der Waals surface area contributed by atoms with E-state index in [0.29, 0.717) is 17.0 Å². The van der Waals surface area contributed by atoms with Crippen LogP contribution in [-0.2, 0) is 22.6 Å². The molecule has 9 nitrogen and oxygen atoms in total. The van der Waals surface area contributed by atoms with E-state index < -0.39 is 23.5 Å². The molecule has 0 bridgehead atoms. The van der Waals surface area contributed by atoms with Gasteiger partial charge < -0.3 is 19.7 Å². The number of ether oxygens (including phenoxy) is 2. The highest BCUT2D eigenvalue weighted by molar-refractivity contribution is 6.31. The van der Waals surface area contributed by atoms with Crippen LogP contribution in [0.4, 0.5) is 5.69 Å². The molecule has 2 amide bonds. The number of carbonyl (C=O) groups excluding carboxylic acids is 2. The van der Waals surface area contributed by atoms with Crippen molar-refractivity contribution in [1.29, 1.82) is 0 Å². The lowest BCUT2D eigenvalue weighted by Crippen LogP contribution is -2.53. The van der Waals surface area contributed by atoms with Crippen molar-refractivity contribution in [2.75, 3.05) is 13.7 Å². The Hall–Kier alpha value is -4.11. The molecule has 1 saturated carbocycles. The van der Waals surface area contributed by atoms with Crippen LogP contribution < -0.4 is 14.8 Å². The molecule has 216 valence electrons. The number of carbonyl (C=O) groups is 2. The summed E-state index contributed by atoms with van der Waals surface area (Å²) in [7, 11) is 1.32. The van der Waals surface area contributed by atoms with E-state index in [2.05, 4.69) is 5.32 Å². The van der Waals surface area contributed by atoms with Crippen LogP contribution in [0.5, 0.6) is 11.5 Å². The number of nitro groups is 1. The van der Waals surface area contributed by atoms with Crippen molar-refractivity contribution in [3.63, 3.8) is 0 Å². The molecule has 41 heavy (non-hydrogen) atoms. The van der Waals surface area contributed by atoms with Crippen LogP contribution in [0.25, 0.3) is 0 Å². The summed E-state index contributed by atoms with van der Waals surface area (Å²) in [5.74, 6) is -0.411. The van der Waals surface area contributed by atoms with E-state index in [1.54, 1.807) is 12.1 Å². The van der Waals surface area contributed by atoms with Crippen molar-refractivity contribution in [2.24, 2.45) is 0 Å². The second-order valence-electron chi connectivity index (χ2n) is 10.0. The zero-order valence-corrected chi connectivity index (χ0v) is 23.7. The van der Waals surface area contributed by atoms with Gasteiger partial charge in [-0.25, -0.2) is 0 Å². The minimum Gasteiger partial charge on any atom is -0.490 e. The summed E-state index contributed by atoms with van der Waals surface area (Å²) in [5.41, 5.74) is 1.39. The van der Waals surface area contributed by atoms with E-state index in [-0.39, 0.29) is 35.7 Å². The van der Waals surface area contributed by atoms with E-state index in [1.807, 2.05) is 42.5 Å². The predicted octanol–water partition coefficient (Wildman–Crippen LogP) is 5.72. The Morgan fingerprint density at radius 1 is 1.05 bits per heavy atom. The molecule has 0 radical (unpaired) electrons. The van der Waals surface area contributed by atoms with Crippen LogP contribution in [0.3, 0.4) is 0 Å². The number of hydrogen-bond donors (Lipinski definition) is 1. The Balaban J connectivity index is 1.62. The minimum absolute atomic E-state index is 0.0155. The van der Waals surface area contributed by atoms with Crippen molar-refractivity contribution < 1.29 is 24.0 Å². The van der Waals surface area contributed by atoms with E-state index in [1.165, 1.54) is 30.2 Å². The number of benzene rings is 3. The lowest BCUT2D eigenvalue weighted by Gasteiger charge is -2.33. The Morgan fingerprint density at radius 3 is 2.44 bits per heavy atom. The first-order valence-electron chi connectivity index (χ1n) is 13.7. The van der Waals surface area contributed by atoms with Gasteiger partial charge in [0, 0.05) is 36.2 Å². The first-order chi connectivity index (χ1) is 19.9. The second kappa shape index (κ2) is 14.5. The smallest absolute Gasteiger partial charge is 0.311 e. The summed E-state index contributed by atoms with van der Waals surface area (Å²) in [4.78, 5) is 39.9. The molecule has 10 heteroatoms. The fourth-order valence-corrected chi connectivity index (χ4v) is 5.23. The lowest BCUT2D eigenvalue weighted by atomic mass is 9.94. The maximum Gasteiger partial charge on any atom is 0.311 e. The highest BCUT2D eigenvalue weighted by Gasteiger charge is 2.32. The number of rotatable bonds is 12. The number of nitrogens with one attached hydrogen (secondary N) is 1. The fourth-order valence-electron chi connectivity index (χ4n) is 5.03. The number of nitro benzene ring substituents is 1. The van der Waals surface area contributed by atoms with Crippen molar-refractivity contribution in [1.82, 2.24) is 10.2 Å². The van der Waals surface area contributed by atoms with Crippen molar-refractivity contribution >= 4 is 29.1 Å². The Bertz CT molecular complexity index is 1350. The van der Waals surface area contributed by atoms with Gasteiger partial charge in [0.05, 0.1) is 12.0 Å². The number of nitrogens with zero attached hydrogens (tertiary/aromatic N) is 2. The minimum atomic E-state index is -0.821. The van der Waals surface area contributed by atoms with Gasteiger partial charge in [-0.1, -0.05) is 79.4 Å². The SMILES string of the molecule is COc1cc(OCC(=O)N(Cc2ccccc2Cl)C(Cc2ccccc2)C(=O)NC2CCCCC2)ccc1[N+](=O)[O-]. The molecule has 3 aromatic carbocycles. The molecule has 0 aliphatic heterocycles. The zero-order chi connectivity index (χ0) is 29.2. The van der Waals surface area contributed by atoms with E-state index >= 15 is 0 Å². The van der Waals surface area contributed by atoms with Gasteiger partial charge in [0.1, 0.15) is 11.8 Å². The fraction of sp³-hybridized carbons (Fsp3) is 0.355. The van der Waals surface area contributed by atoms with Gasteiger partial charge in [-0.2, -0.15) is 0 Å². The molecular weight excluding hydrogens is 546 g/mol. The third kappa shape index (κ3) is 8.20. The number of amides is 2. The maximum atomic E-state index is 13.8. The van der Waals surface area contributed by atoms with Crippen molar-refractivity contribution in [3.05, 3.63) is 99.1 Å². The average molecular weight is 580 g/mol. The van der Waals surface area contributed by atoms with Crippen molar-refractivity contribution in [3.8, 4) is 11.5 Å². The lowest BCUT2D eigenvalue weighted by molar-refractivity contribution is -0.385. The number of halogens is 1. The summed E-state index contributed by atoms with van der Waals surface area (Å²) in [6.45, 7) is -0.297. The highest BCUT2D eigenvalue weighted by atomic mass is 35.5. The van der Waals surface area contributed by atoms with E-state index in [9.17, 15) is 19.7 Å². The zero-order valence-electron chi connectivity index (χ0n) is 23.0. The van der Waals surface area contributed by atoms with Gasteiger partial charge in [-0.15, -0.1) is 0 Å². The van der Waals surface area contributed by atoms with Crippen molar-refractivity contribution in [2.45, 2.75) is 57.2 Å². The van der Waals surface area contributed by atoms with Gasteiger partial charge in [0.2, 0.25) is 11.7 Å². The summed E-state index contributed by atoms with van der Waals surface area (Å²) in [6.07, 6.45) is 5.40. The second-order valence-corrected chi connectivity index (χ2v) is 10.4. The Kier molecular flexibility index (Phi) is 10.6. The van der Waals surface area contributed by atoms with Crippen LogP contribution in [0.1, 0.15) is 43.2 Å². The van der Waals surface area contributed by atoms with E-state index in [0.717, 1.165) is 37.7 Å². The van der Waals surface area contributed by atoms with Gasteiger partial charge >= 0.3 is 5.69 Å². The molecular formula is C31H34ClN3O6.